The van der Waals surface area contributed by atoms with E-state index in [1.54, 1.807) is 18.3 Å². The van der Waals surface area contributed by atoms with E-state index in [-0.39, 0.29) is 0 Å². The highest BCUT2D eigenvalue weighted by Gasteiger charge is 2.03. The zero-order valence-corrected chi connectivity index (χ0v) is 9.27. The first-order valence-corrected chi connectivity index (χ1v) is 4.99. The summed E-state index contributed by atoms with van der Waals surface area (Å²) in [4.78, 5) is 8.32. The molecule has 0 fully saturated rings. The molecule has 0 amide bonds. The molecule has 16 heavy (non-hydrogen) atoms. The molecular formula is C12H13N3O. The fourth-order valence-corrected chi connectivity index (χ4v) is 1.34. The van der Waals surface area contributed by atoms with Crippen LogP contribution in [0.4, 0.5) is 5.69 Å². The number of benzene rings is 1. The van der Waals surface area contributed by atoms with Gasteiger partial charge in [-0.25, -0.2) is 9.97 Å². The molecule has 0 aliphatic carbocycles. The van der Waals surface area contributed by atoms with Gasteiger partial charge in [-0.1, -0.05) is 0 Å². The largest absolute Gasteiger partial charge is 0.454 e. The minimum absolute atomic E-state index is 0.662. The van der Waals surface area contributed by atoms with E-state index in [1.165, 1.54) is 0 Å². The minimum atomic E-state index is 0.662. The number of nitrogens with zero attached hydrogens (tertiary/aromatic N) is 2. The first-order valence-electron chi connectivity index (χ1n) is 4.99. The van der Waals surface area contributed by atoms with Crippen LogP contribution in [0.25, 0.3) is 0 Å². The van der Waals surface area contributed by atoms with Crippen LogP contribution in [0.15, 0.2) is 30.5 Å². The summed E-state index contributed by atoms with van der Waals surface area (Å²) in [6, 6.07) is 7.21. The first kappa shape index (κ1) is 10.4. The number of nitrogen functional groups attached to an aromatic ring is 1. The molecule has 0 saturated carbocycles. The molecule has 0 bridgehead atoms. The van der Waals surface area contributed by atoms with Crippen molar-refractivity contribution in [3.63, 3.8) is 0 Å². The number of rotatable bonds is 2. The first-order chi connectivity index (χ1) is 7.65. The van der Waals surface area contributed by atoms with Crippen molar-refractivity contribution >= 4 is 5.69 Å². The zero-order chi connectivity index (χ0) is 11.5. The third kappa shape index (κ3) is 2.28. The number of hydrogen-bond donors (Lipinski definition) is 1. The topological polar surface area (TPSA) is 61.0 Å². The lowest BCUT2D eigenvalue weighted by atomic mass is 10.3. The lowest BCUT2D eigenvalue weighted by Gasteiger charge is -2.07. The van der Waals surface area contributed by atoms with Gasteiger partial charge in [-0.15, -0.1) is 0 Å². The Kier molecular flexibility index (Phi) is 2.72. The van der Waals surface area contributed by atoms with Crippen LogP contribution in [-0.4, -0.2) is 9.97 Å². The van der Waals surface area contributed by atoms with Gasteiger partial charge in [-0.3, -0.25) is 0 Å². The molecule has 0 unspecified atom stereocenters. The number of anilines is 1. The Hall–Kier alpha value is -2.10. The van der Waals surface area contributed by atoms with Crippen LogP contribution < -0.4 is 10.5 Å². The van der Waals surface area contributed by atoms with Gasteiger partial charge in [0.15, 0.2) is 5.75 Å². The minimum Gasteiger partial charge on any atom is -0.454 e. The summed E-state index contributed by atoms with van der Waals surface area (Å²) in [5, 5.41) is 0. The summed E-state index contributed by atoms with van der Waals surface area (Å²) in [5.74, 6) is 2.13. The maximum atomic E-state index is 5.64. The van der Waals surface area contributed by atoms with Gasteiger partial charge in [0, 0.05) is 5.69 Å². The second-order valence-electron chi connectivity index (χ2n) is 3.54. The van der Waals surface area contributed by atoms with Crippen molar-refractivity contribution in [1.29, 1.82) is 0 Å². The van der Waals surface area contributed by atoms with E-state index in [0.29, 0.717) is 11.4 Å². The quantitative estimate of drug-likeness (QED) is 0.782. The Bertz CT molecular complexity index is 494. The fraction of sp³-hybridized carbons (Fsp3) is 0.167. The van der Waals surface area contributed by atoms with Crippen molar-refractivity contribution in [2.75, 3.05) is 5.73 Å². The van der Waals surface area contributed by atoms with Crippen LogP contribution in [0, 0.1) is 13.8 Å². The summed E-state index contributed by atoms with van der Waals surface area (Å²) >= 11 is 0. The Morgan fingerprint density at radius 2 is 1.81 bits per heavy atom. The molecule has 4 nitrogen and oxygen atoms in total. The van der Waals surface area contributed by atoms with E-state index < -0.39 is 0 Å². The molecule has 0 atom stereocenters. The number of hydrogen-bond acceptors (Lipinski definition) is 4. The maximum absolute atomic E-state index is 5.64. The third-order valence-electron chi connectivity index (χ3n) is 2.16. The number of nitrogens with two attached hydrogens (primary N) is 1. The second-order valence-corrected chi connectivity index (χ2v) is 3.54. The molecule has 1 heterocycles. The summed E-state index contributed by atoms with van der Waals surface area (Å²) < 4.78 is 5.64. The van der Waals surface area contributed by atoms with E-state index in [9.17, 15) is 0 Å². The van der Waals surface area contributed by atoms with Gasteiger partial charge in [0.05, 0.1) is 11.9 Å². The van der Waals surface area contributed by atoms with Crippen molar-refractivity contribution in [2.24, 2.45) is 0 Å². The Morgan fingerprint density at radius 1 is 1.12 bits per heavy atom. The smallest absolute Gasteiger partial charge is 0.166 e. The van der Waals surface area contributed by atoms with E-state index in [0.717, 1.165) is 17.3 Å². The van der Waals surface area contributed by atoms with Gasteiger partial charge in [0.1, 0.15) is 11.6 Å². The molecule has 0 saturated heterocycles. The molecule has 2 N–H and O–H groups in total. The summed E-state index contributed by atoms with van der Waals surface area (Å²) in [7, 11) is 0. The summed E-state index contributed by atoms with van der Waals surface area (Å²) in [5.41, 5.74) is 7.13. The highest BCUT2D eigenvalue weighted by molar-refractivity contribution is 5.43. The molecule has 2 aromatic rings. The molecule has 0 spiro atoms. The van der Waals surface area contributed by atoms with Crippen LogP contribution in [0.5, 0.6) is 11.5 Å². The predicted molar refractivity (Wildman–Crippen MR) is 62.4 cm³/mol. The molecule has 0 radical (unpaired) electrons. The third-order valence-corrected chi connectivity index (χ3v) is 2.16. The van der Waals surface area contributed by atoms with E-state index in [4.69, 9.17) is 10.5 Å². The normalized spacial score (nSPS) is 10.1. The van der Waals surface area contributed by atoms with Gasteiger partial charge in [0.25, 0.3) is 0 Å². The lowest BCUT2D eigenvalue weighted by Crippen LogP contribution is -1.95. The Labute approximate surface area is 94.1 Å². The molecule has 4 heteroatoms. The van der Waals surface area contributed by atoms with E-state index in [1.807, 2.05) is 26.0 Å². The second kappa shape index (κ2) is 4.18. The molecule has 82 valence electrons. The summed E-state index contributed by atoms with van der Waals surface area (Å²) in [6.45, 7) is 3.74. The van der Waals surface area contributed by atoms with Crippen molar-refractivity contribution in [3.8, 4) is 11.5 Å². The van der Waals surface area contributed by atoms with Crippen LogP contribution in [0.3, 0.4) is 0 Å². The molecule has 2 rings (SSSR count). The lowest BCUT2D eigenvalue weighted by molar-refractivity contribution is 0.472. The molecule has 1 aromatic carbocycles. The van der Waals surface area contributed by atoms with E-state index in [2.05, 4.69) is 9.97 Å². The van der Waals surface area contributed by atoms with Gasteiger partial charge in [-0.05, 0) is 38.1 Å². The van der Waals surface area contributed by atoms with Crippen LogP contribution in [0.2, 0.25) is 0 Å². The Balaban J connectivity index is 2.23. The van der Waals surface area contributed by atoms with Gasteiger partial charge in [-0.2, -0.15) is 0 Å². The predicted octanol–water partition coefficient (Wildman–Crippen LogP) is 2.47. The maximum Gasteiger partial charge on any atom is 0.166 e. The highest BCUT2D eigenvalue weighted by atomic mass is 16.5. The van der Waals surface area contributed by atoms with E-state index >= 15 is 0 Å². The van der Waals surface area contributed by atoms with Crippen LogP contribution >= 0.6 is 0 Å². The average Bonchev–Trinajstić information content (AvgIpc) is 2.25. The van der Waals surface area contributed by atoms with Gasteiger partial charge < -0.3 is 10.5 Å². The SMILES string of the molecule is Cc1ncc(Oc2ccc(N)cc2)c(C)n1. The molecule has 1 aromatic heterocycles. The van der Waals surface area contributed by atoms with Crippen molar-refractivity contribution in [3.05, 3.63) is 42.0 Å². The van der Waals surface area contributed by atoms with Crippen molar-refractivity contribution < 1.29 is 4.74 Å². The molecule has 0 aliphatic rings. The standard InChI is InChI=1S/C12H13N3O/c1-8-12(7-14-9(2)15-8)16-11-5-3-10(13)4-6-11/h3-7H,13H2,1-2H3. The van der Waals surface area contributed by atoms with Gasteiger partial charge >= 0.3 is 0 Å². The number of aromatic nitrogens is 2. The van der Waals surface area contributed by atoms with Crippen LogP contribution in [-0.2, 0) is 0 Å². The highest BCUT2D eigenvalue weighted by Crippen LogP contribution is 2.23. The number of aryl methyl sites for hydroxylation is 2. The van der Waals surface area contributed by atoms with Crippen molar-refractivity contribution in [2.45, 2.75) is 13.8 Å². The van der Waals surface area contributed by atoms with Crippen molar-refractivity contribution in [1.82, 2.24) is 9.97 Å². The monoisotopic (exact) mass is 215 g/mol. The van der Waals surface area contributed by atoms with Crippen LogP contribution in [0.1, 0.15) is 11.5 Å². The Morgan fingerprint density at radius 3 is 2.44 bits per heavy atom. The van der Waals surface area contributed by atoms with Gasteiger partial charge in [0.2, 0.25) is 0 Å². The number of ether oxygens (including phenoxy) is 1. The average molecular weight is 215 g/mol. The summed E-state index contributed by atoms with van der Waals surface area (Å²) in [6.07, 6.45) is 1.67. The molecular weight excluding hydrogens is 202 g/mol. The fourth-order valence-electron chi connectivity index (χ4n) is 1.34. The molecule has 0 aliphatic heterocycles. The zero-order valence-electron chi connectivity index (χ0n) is 9.27.